The fraction of sp³-hybridized carbons (Fsp3) is 0.531. The number of carbonyl (C=O) groups excluding carboxylic acids is 2. The van der Waals surface area contributed by atoms with Crippen LogP contribution in [0, 0.1) is 12.8 Å². The van der Waals surface area contributed by atoms with Crippen molar-refractivity contribution in [3.05, 3.63) is 59.2 Å². The normalized spacial score (nSPS) is 15.3. The number of amides is 2. The number of carbonyl (C=O) groups is 3. The molecule has 0 heterocycles. The molecule has 2 aromatic rings. The van der Waals surface area contributed by atoms with E-state index in [1.165, 1.54) is 32.1 Å². The number of carboxylic acids is 1. The van der Waals surface area contributed by atoms with Crippen molar-refractivity contribution in [2.24, 2.45) is 5.92 Å². The zero-order valence-electron chi connectivity index (χ0n) is 24.1. The summed E-state index contributed by atoms with van der Waals surface area (Å²) in [5, 5.41) is 12.4. The van der Waals surface area contributed by atoms with Gasteiger partial charge in [-0.2, -0.15) is 23.5 Å². The van der Waals surface area contributed by atoms with Gasteiger partial charge in [-0.05, 0) is 77.8 Å². The van der Waals surface area contributed by atoms with Crippen molar-refractivity contribution >= 4 is 41.8 Å². The number of nitrogens with zero attached hydrogens (tertiary/aromatic N) is 1. The summed E-state index contributed by atoms with van der Waals surface area (Å²) in [6.45, 7) is 4.63. The Labute approximate surface area is 248 Å². The van der Waals surface area contributed by atoms with Crippen LogP contribution in [0.5, 0.6) is 0 Å². The molecule has 1 saturated carbocycles. The Balaban J connectivity index is 1.91. The van der Waals surface area contributed by atoms with Gasteiger partial charge in [0, 0.05) is 23.9 Å². The second-order valence-electron chi connectivity index (χ2n) is 10.7. The molecule has 0 aromatic heterocycles. The van der Waals surface area contributed by atoms with Gasteiger partial charge in [0.2, 0.25) is 6.41 Å². The van der Waals surface area contributed by atoms with E-state index in [9.17, 15) is 19.5 Å². The van der Waals surface area contributed by atoms with Gasteiger partial charge in [-0.1, -0.05) is 69.4 Å². The first-order valence-corrected chi connectivity index (χ1v) is 16.9. The number of hydrogen-bond acceptors (Lipinski definition) is 5. The molecule has 0 radical (unpaired) electrons. The highest BCUT2D eigenvalue weighted by Crippen LogP contribution is 2.32. The van der Waals surface area contributed by atoms with Crippen LogP contribution in [-0.4, -0.2) is 63.9 Å². The van der Waals surface area contributed by atoms with E-state index in [1.54, 1.807) is 17.8 Å². The zero-order valence-corrected chi connectivity index (χ0v) is 25.7. The monoisotopic (exact) mass is 584 g/mol. The average molecular weight is 585 g/mol. The second-order valence-corrected chi connectivity index (χ2v) is 13.0. The maximum Gasteiger partial charge on any atom is 0.326 e. The number of thioether (sulfide) groups is 2. The van der Waals surface area contributed by atoms with Gasteiger partial charge < -0.3 is 15.3 Å². The van der Waals surface area contributed by atoms with E-state index in [2.05, 4.69) is 12.2 Å². The Hall–Kier alpha value is -2.45. The molecule has 2 aromatic carbocycles. The molecule has 2 N–H and O–H groups in total. The number of benzene rings is 2. The Kier molecular flexibility index (Phi) is 13.4. The van der Waals surface area contributed by atoms with E-state index in [4.69, 9.17) is 0 Å². The molecule has 8 heteroatoms. The largest absolute Gasteiger partial charge is 0.480 e. The Morgan fingerprint density at radius 3 is 2.52 bits per heavy atom. The van der Waals surface area contributed by atoms with Crippen LogP contribution in [0.4, 0.5) is 0 Å². The van der Waals surface area contributed by atoms with E-state index in [1.807, 2.05) is 66.2 Å². The number of hydrogen-bond donors (Lipinski definition) is 2. The molecule has 0 bridgehead atoms. The van der Waals surface area contributed by atoms with Crippen LogP contribution >= 0.6 is 23.5 Å². The summed E-state index contributed by atoms with van der Waals surface area (Å²) in [5.41, 5.74) is 4.08. The minimum atomic E-state index is -1.04. The highest BCUT2D eigenvalue weighted by molar-refractivity contribution is 7.99. The average Bonchev–Trinajstić information content (AvgIpc) is 2.96. The Morgan fingerprint density at radius 1 is 1.12 bits per heavy atom. The van der Waals surface area contributed by atoms with Crippen molar-refractivity contribution in [3.63, 3.8) is 0 Å². The minimum absolute atomic E-state index is 0.170. The van der Waals surface area contributed by atoms with Crippen LogP contribution in [-0.2, 0) is 16.1 Å². The third-order valence-corrected chi connectivity index (χ3v) is 9.46. The molecule has 2 amide bonds. The van der Waals surface area contributed by atoms with Crippen LogP contribution in [0.25, 0.3) is 11.1 Å². The van der Waals surface area contributed by atoms with E-state index in [0.29, 0.717) is 30.2 Å². The fourth-order valence-electron chi connectivity index (χ4n) is 5.54. The highest BCUT2D eigenvalue weighted by Gasteiger charge is 2.25. The standard InChI is InChI=1S/C32H44N2O4S2/c1-4-40-21-26(18-24-11-6-5-7-12-24)34(22-35)20-25-14-15-28(29(19-25)27-13-9-8-10-23(27)2)31(36)33-30(32(37)38)16-17-39-3/h8-10,13-15,19,22,24,26,30H,4-7,11-12,16-18,20-21H2,1-3H3,(H,33,36)(H,37,38)/t26?,30-/m0/s1. The van der Waals surface area contributed by atoms with E-state index >= 15 is 0 Å². The lowest BCUT2D eigenvalue weighted by atomic mass is 9.85. The first-order valence-electron chi connectivity index (χ1n) is 14.4. The molecule has 40 heavy (non-hydrogen) atoms. The van der Waals surface area contributed by atoms with Crippen molar-refractivity contribution in [2.45, 2.75) is 77.4 Å². The third kappa shape index (κ3) is 9.30. The highest BCUT2D eigenvalue weighted by atomic mass is 32.2. The maximum absolute atomic E-state index is 13.4. The van der Waals surface area contributed by atoms with Gasteiger partial charge in [0.1, 0.15) is 6.04 Å². The van der Waals surface area contributed by atoms with E-state index in [-0.39, 0.29) is 6.04 Å². The molecule has 0 spiro atoms. The van der Waals surface area contributed by atoms with Gasteiger partial charge in [0.15, 0.2) is 0 Å². The van der Waals surface area contributed by atoms with Gasteiger partial charge in [-0.15, -0.1) is 0 Å². The summed E-state index contributed by atoms with van der Waals surface area (Å²) in [4.78, 5) is 39.6. The molecule has 1 aliphatic carbocycles. The molecule has 1 fully saturated rings. The van der Waals surface area contributed by atoms with Gasteiger partial charge in [-0.25, -0.2) is 4.79 Å². The molecule has 0 aliphatic heterocycles. The fourth-order valence-corrected chi connectivity index (χ4v) is 6.85. The lowest BCUT2D eigenvalue weighted by Crippen LogP contribution is -2.41. The number of nitrogens with one attached hydrogen (secondary N) is 1. The molecular formula is C32H44N2O4S2. The van der Waals surface area contributed by atoms with Crippen LogP contribution in [0.3, 0.4) is 0 Å². The topological polar surface area (TPSA) is 86.7 Å². The maximum atomic E-state index is 13.4. The molecule has 1 aliphatic rings. The van der Waals surface area contributed by atoms with Crippen molar-refractivity contribution in [3.8, 4) is 11.1 Å². The second kappa shape index (κ2) is 16.7. The predicted molar refractivity (Wildman–Crippen MR) is 168 cm³/mol. The lowest BCUT2D eigenvalue weighted by molar-refractivity contribution is -0.139. The number of aryl methyl sites for hydroxylation is 1. The quantitative estimate of drug-likeness (QED) is 0.215. The lowest BCUT2D eigenvalue weighted by Gasteiger charge is -2.33. The first kappa shape index (κ1) is 32.1. The van der Waals surface area contributed by atoms with Crippen molar-refractivity contribution in [1.29, 1.82) is 0 Å². The summed E-state index contributed by atoms with van der Waals surface area (Å²) in [6.07, 6.45) is 10.7. The van der Waals surface area contributed by atoms with Gasteiger partial charge >= 0.3 is 5.97 Å². The summed E-state index contributed by atoms with van der Waals surface area (Å²) >= 11 is 3.43. The van der Waals surface area contributed by atoms with Crippen molar-refractivity contribution < 1.29 is 19.5 Å². The van der Waals surface area contributed by atoms with Gasteiger partial charge in [0.05, 0.1) is 0 Å². The Morgan fingerprint density at radius 2 is 1.88 bits per heavy atom. The molecule has 6 nitrogen and oxygen atoms in total. The number of aliphatic carboxylic acids is 1. The van der Waals surface area contributed by atoms with Crippen LogP contribution in [0.1, 0.15) is 73.4 Å². The summed E-state index contributed by atoms with van der Waals surface area (Å²) in [6, 6.07) is 12.8. The minimum Gasteiger partial charge on any atom is -0.480 e. The molecule has 1 unspecified atom stereocenters. The zero-order chi connectivity index (χ0) is 28.9. The molecule has 218 valence electrons. The van der Waals surface area contributed by atoms with Crippen molar-refractivity contribution in [2.75, 3.05) is 23.5 Å². The SMILES string of the molecule is CCSCC(CC1CCCCC1)N(C=O)Cc1ccc(C(=O)N[C@@H](CCSC)C(=O)O)c(-c2ccccc2C)c1. The summed E-state index contributed by atoms with van der Waals surface area (Å²) < 4.78 is 0. The van der Waals surface area contributed by atoms with Gasteiger partial charge in [0.25, 0.3) is 5.91 Å². The van der Waals surface area contributed by atoms with Crippen LogP contribution in [0.2, 0.25) is 0 Å². The third-order valence-electron chi connectivity index (χ3n) is 7.79. The summed E-state index contributed by atoms with van der Waals surface area (Å²) in [7, 11) is 0. The van der Waals surface area contributed by atoms with Crippen molar-refractivity contribution in [1.82, 2.24) is 10.2 Å². The number of rotatable bonds is 16. The summed E-state index contributed by atoms with van der Waals surface area (Å²) in [5.74, 6) is 1.81. The smallest absolute Gasteiger partial charge is 0.326 e. The van der Waals surface area contributed by atoms with E-state index < -0.39 is 17.9 Å². The first-order chi connectivity index (χ1) is 19.4. The van der Waals surface area contributed by atoms with Gasteiger partial charge in [-0.3, -0.25) is 9.59 Å². The van der Waals surface area contributed by atoms with E-state index in [0.717, 1.165) is 46.6 Å². The van der Waals surface area contributed by atoms with Crippen LogP contribution < -0.4 is 5.32 Å². The van der Waals surface area contributed by atoms with Crippen LogP contribution in [0.15, 0.2) is 42.5 Å². The Bertz CT molecular complexity index is 1120. The number of carboxylic acid groups (broad SMARTS) is 1. The molecule has 0 saturated heterocycles. The molecular weight excluding hydrogens is 540 g/mol. The molecule has 2 atom stereocenters. The molecule has 3 rings (SSSR count). The predicted octanol–water partition coefficient (Wildman–Crippen LogP) is 6.65.